The fourth-order valence-corrected chi connectivity index (χ4v) is 4.78. The van der Waals surface area contributed by atoms with Gasteiger partial charge in [0.05, 0.1) is 11.4 Å². The van der Waals surface area contributed by atoms with E-state index in [1.165, 1.54) is 12.8 Å². The molecule has 4 aromatic rings. The molecule has 6 nitrogen and oxygen atoms in total. The van der Waals surface area contributed by atoms with Gasteiger partial charge in [0.25, 0.3) is 5.91 Å². The molecule has 33 heavy (non-hydrogen) atoms. The lowest BCUT2D eigenvalue weighted by molar-refractivity contribution is 0.0942. The predicted octanol–water partition coefficient (Wildman–Crippen LogP) is 4.28. The highest BCUT2D eigenvalue weighted by Gasteiger charge is 2.34. The summed E-state index contributed by atoms with van der Waals surface area (Å²) in [5, 5.41) is 7.77. The van der Waals surface area contributed by atoms with Gasteiger partial charge in [-0.1, -0.05) is 60.7 Å². The van der Waals surface area contributed by atoms with Crippen LogP contribution in [0.25, 0.3) is 28.2 Å². The molecule has 1 amide bonds. The maximum absolute atomic E-state index is 13.0. The van der Waals surface area contributed by atoms with E-state index in [2.05, 4.69) is 27.4 Å². The van der Waals surface area contributed by atoms with E-state index in [-0.39, 0.29) is 5.91 Å². The normalized spacial score (nSPS) is 18.6. The zero-order valence-corrected chi connectivity index (χ0v) is 18.5. The fraction of sp³-hybridized carbons (Fsp3) is 0.296. The summed E-state index contributed by atoms with van der Waals surface area (Å²) in [6.07, 6.45) is 3.83. The van der Waals surface area contributed by atoms with Crippen LogP contribution in [0.3, 0.4) is 0 Å². The molecule has 1 aliphatic carbocycles. The molecule has 2 aromatic heterocycles. The maximum Gasteiger partial charge on any atom is 0.271 e. The average Bonchev–Trinajstić information content (AvgIpc) is 3.45. The number of carbonyl (C=O) groups is 1. The van der Waals surface area contributed by atoms with E-state index in [1.54, 1.807) is 10.6 Å². The van der Waals surface area contributed by atoms with Crippen molar-refractivity contribution in [2.75, 3.05) is 19.6 Å². The lowest BCUT2D eigenvalue weighted by Crippen LogP contribution is -2.31. The Kier molecular flexibility index (Phi) is 5.15. The molecule has 0 radical (unpaired) electrons. The van der Waals surface area contributed by atoms with Crippen molar-refractivity contribution in [3.63, 3.8) is 0 Å². The van der Waals surface area contributed by atoms with E-state index in [4.69, 9.17) is 4.98 Å². The average molecular weight is 438 g/mol. The summed E-state index contributed by atoms with van der Waals surface area (Å²) in [4.78, 5) is 20.4. The van der Waals surface area contributed by atoms with Crippen LogP contribution in [0.15, 0.2) is 72.8 Å². The topological polar surface area (TPSA) is 62.5 Å². The van der Waals surface area contributed by atoms with Gasteiger partial charge in [-0.05, 0) is 37.8 Å². The molecule has 2 fully saturated rings. The molecule has 3 heterocycles. The van der Waals surface area contributed by atoms with Crippen LogP contribution >= 0.6 is 0 Å². The van der Waals surface area contributed by atoms with Gasteiger partial charge in [0.1, 0.15) is 0 Å². The van der Waals surface area contributed by atoms with Gasteiger partial charge < -0.3 is 10.2 Å². The first-order chi connectivity index (χ1) is 16.2. The van der Waals surface area contributed by atoms with Crippen LogP contribution in [0.2, 0.25) is 0 Å². The van der Waals surface area contributed by atoms with Crippen LogP contribution in [0, 0.1) is 5.92 Å². The number of amides is 1. The molecule has 1 atom stereocenters. The molecule has 2 aliphatic rings. The number of benzene rings is 2. The zero-order chi connectivity index (χ0) is 22.2. The quantitative estimate of drug-likeness (QED) is 0.489. The van der Waals surface area contributed by atoms with E-state index >= 15 is 0 Å². The van der Waals surface area contributed by atoms with E-state index in [1.807, 2.05) is 54.6 Å². The maximum atomic E-state index is 13.0. The number of rotatable bonds is 6. The van der Waals surface area contributed by atoms with Crippen LogP contribution in [0.5, 0.6) is 0 Å². The van der Waals surface area contributed by atoms with Crippen LogP contribution in [0.4, 0.5) is 0 Å². The summed E-state index contributed by atoms with van der Waals surface area (Å²) < 4.78 is 1.78. The standard InChI is InChI=1S/C27H27N5O/c33-27(28-17-19-13-14-31(18-19)22-11-12-22)24-16-26-29-23(20-7-3-1-4-8-20)15-25(32(26)30-24)21-9-5-2-6-10-21/h1-10,15-16,19,22H,11-14,17-18H2,(H,28,33). The fourth-order valence-electron chi connectivity index (χ4n) is 4.78. The van der Waals surface area contributed by atoms with Crippen molar-refractivity contribution < 1.29 is 4.79 Å². The lowest BCUT2D eigenvalue weighted by atomic mass is 10.1. The third kappa shape index (κ3) is 4.14. The molecule has 2 aromatic carbocycles. The first-order valence-electron chi connectivity index (χ1n) is 11.8. The second-order valence-corrected chi connectivity index (χ2v) is 9.15. The smallest absolute Gasteiger partial charge is 0.271 e. The van der Waals surface area contributed by atoms with Gasteiger partial charge >= 0.3 is 0 Å². The molecule has 1 saturated carbocycles. The number of carbonyl (C=O) groups excluding carboxylic acids is 1. The third-order valence-electron chi connectivity index (χ3n) is 6.73. The van der Waals surface area contributed by atoms with Crippen molar-refractivity contribution >= 4 is 11.6 Å². The number of nitrogens with one attached hydrogen (secondary N) is 1. The Bertz CT molecular complexity index is 1280. The van der Waals surface area contributed by atoms with Crippen molar-refractivity contribution in [3.05, 3.63) is 78.5 Å². The summed E-state index contributed by atoms with van der Waals surface area (Å²) in [6.45, 7) is 2.95. The molecule has 1 saturated heterocycles. The predicted molar refractivity (Wildman–Crippen MR) is 129 cm³/mol. The SMILES string of the molecule is O=C(NCC1CCN(C2CC2)C1)c1cc2nc(-c3ccccc3)cc(-c3ccccc3)n2n1. The molecule has 0 bridgehead atoms. The highest BCUT2D eigenvalue weighted by atomic mass is 16.1. The first kappa shape index (κ1) is 20.1. The van der Waals surface area contributed by atoms with Crippen molar-refractivity contribution in [2.45, 2.75) is 25.3 Å². The van der Waals surface area contributed by atoms with Crippen LogP contribution in [0.1, 0.15) is 29.8 Å². The van der Waals surface area contributed by atoms with E-state index in [0.717, 1.165) is 48.1 Å². The Morgan fingerprint density at radius 2 is 1.67 bits per heavy atom. The summed E-state index contributed by atoms with van der Waals surface area (Å²) in [5.41, 5.74) is 4.91. The number of fused-ring (bicyclic) bond motifs is 1. The van der Waals surface area contributed by atoms with Crippen molar-refractivity contribution in [1.29, 1.82) is 0 Å². The molecular weight excluding hydrogens is 410 g/mol. The number of likely N-dealkylation sites (tertiary alicyclic amines) is 1. The number of hydrogen-bond acceptors (Lipinski definition) is 4. The van der Waals surface area contributed by atoms with Gasteiger partial charge in [-0.2, -0.15) is 5.10 Å². The Hall–Kier alpha value is -3.51. The van der Waals surface area contributed by atoms with Crippen molar-refractivity contribution in [3.8, 4) is 22.5 Å². The Morgan fingerprint density at radius 3 is 2.39 bits per heavy atom. The number of hydrogen-bond donors (Lipinski definition) is 1. The minimum Gasteiger partial charge on any atom is -0.350 e. The third-order valence-corrected chi connectivity index (χ3v) is 6.73. The van der Waals surface area contributed by atoms with Gasteiger partial charge in [0.15, 0.2) is 11.3 Å². The van der Waals surface area contributed by atoms with E-state index in [0.29, 0.717) is 23.8 Å². The van der Waals surface area contributed by atoms with Gasteiger partial charge in [0, 0.05) is 36.3 Å². The van der Waals surface area contributed by atoms with Gasteiger partial charge in [0.2, 0.25) is 0 Å². The molecule has 0 spiro atoms. The van der Waals surface area contributed by atoms with Crippen molar-refractivity contribution in [1.82, 2.24) is 24.8 Å². The molecule has 166 valence electrons. The minimum atomic E-state index is -0.134. The lowest BCUT2D eigenvalue weighted by Gasteiger charge is -2.14. The summed E-state index contributed by atoms with van der Waals surface area (Å²) in [5.74, 6) is 0.389. The number of nitrogens with zero attached hydrogens (tertiary/aromatic N) is 4. The summed E-state index contributed by atoms with van der Waals surface area (Å²) >= 11 is 0. The Balaban J connectivity index is 1.29. The zero-order valence-electron chi connectivity index (χ0n) is 18.5. The van der Waals surface area contributed by atoms with E-state index in [9.17, 15) is 4.79 Å². The van der Waals surface area contributed by atoms with Crippen LogP contribution < -0.4 is 5.32 Å². The van der Waals surface area contributed by atoms with Crippen LogP contribution in [-0.4, -0.2) is 51.1 Å². The molecule has 1 N–H and O–H groups in total. The van der Waals surface area contributed by atoms with Gasteiger partial charge in [-0.3, -0.25) is 4.79 Å². The van der Waals surface area contributed by atoms with E-state index < -0.39 is 0 Å². The van der Waals surface area contributed by atoms with Gasteiger partial charge in [-0.15, -0.1) is 0 Å². The molecule has 6 rings (SSSR count). The number of aromatic nitrogens is 3. The minimum absolute atomic E-state index is 0.134. The van der Waals surface area contributed by atoms with Crippen molar-refractivity contribution in [2.24, 2.45) is 5.92 Å². The molecule has 1 unspecified atom stereocenters. The summed E-state index contributed by atoms with van der Waals surface area (Å²) in [7, 11) is 0. The highest BCUT2D eigenvalue weighted by molar-refractivity contribution is 5.93. The largest absolute Gasteiger partial charge is 0.350 e. The second kappa shape index (κ2) is 8.45. The monoisotopic (exact) mass is 437 g/mol. The second-order valence-electron chi connectivity index (χ2n) is 9.15. The van der Waals surface area contributed by atoms with Crippen LogP contribution in [-0.2, 0) is 0 Å². The highest BCUT2D eigenvalue weighted by Crippen LogP contribution is 2.31. The Labute approximate surface area is 193 Å². The summed E-state index contributed by atoms with van der Waals surface area (Å²) in [6, 6.07) is 24.8. The first-order valence-corrected chi connectivity index (χ1v) is 11.8. The molecule has 6 heteroatoms. The Morgan fingerprint density at radius 1 is 0.939 bits per heavy atom. The molecule has 1 aliphatic heterocycles. The molecular formula is C27H27N5O. The van der Waals surface area contributed by atoms with Gasteiger partial charge in [-0.25, -0.2) is 9.50 Å².